The van der Waals surface area contributed by atoms with Gasteiger partial charge in [-0.3, -0.25) is 9.67 Å². The minimum atomic E-state index is 0.310. The summed E-state index contributed by atoms with van der Waals surface area (Å²) in [4.78, 5) is 4.48. The molecule has 2 heterocycles. The van der Waals surface area contributed by atoms with E-state index in [9.17, 15) is 0 Å². The van der Waals surface area contributed by atoms with E-state index < -0.39 is 0 Å². The van der Waals surface area contributed by atoms with Crippen molar-refractivity contribution in [2.45, 2.75) is 13.5 Å². The number of nitrogens with zero attached hydrogens (tertiary/aromatic N) is 3. The van der Waals surface area contributed by atoms with Crippen molar-refractivity contribution < 1.29 is 0 Å². The fourth-order valence-electron chi connectivity index (χ4n) is 1.56. The summed E-state index contributed by atoms with van der Waals surface area (Å²) in [6.07, 6.45) is 3.58. The van der Waals surface area contributed by atoms with Crippen molar-refractivity contribution in [3.63, 3.8) is 0 Å². The number of anilines is 1. The summed E-state index contributed by atoms with van der Waals surface area (Å²) < 4.78 is 1.85. The Morgan fingerprint density at radius 1 is 1.44 bits per heavy atom. The topological polar surface area (TPSA) is 68.8 Å². The van der Waals surface area contributed by atoms with E-state index in [0.29, 0.717) is 17.2 Å². The fraction of sp³-hybridized carbons (Fsp3) is 0.250. The predicted octanol–water partition coefficient (Wildman–Crippen LogP) is 1.37. The molecule has 94 valence electrons. The van der Waals surface area contributed by atoms with Crippen molar-refractivity contribution >= 4 is 22.9 Å². The van der Waals surface area contributed by atoms with Crippen LogP contribution in [0.4, 0.5) is 5.69 Å². The number of aryl methyl sites for hydroxylation is 1. The molecule has 0 bridgehead atoms. The Morgan fingerprint density at radius 2 is 2.22 bits per heavy atom. The lowest BCUT2D eigenvalue weighted by molar-refractivity contribution is 0.738. The zero-order chi connectivity index (χ0) is 13.1. The number of pyridine rings is 1. The van der Waals surface area contributed by atoms with E-state index in [1.165, 1.54) is 0 Å². The molecule has 0 unspecified atom stereocenters. The van der Waals surface area contributed by atoms with Crippen LogP contribution in [0.5, 0.6) is 0 Å². The van der Waals surface area contributed by atoms with Crippen LogP contribution in [-0.4, -0.2) is 19.8 Å². The molecule has 0 aromatic carbocycles. The van der Waals surface area contributed by atoms with Crippen molar-refractivity contribution in [3.05, 3.63) is 41.5 Å². The van der Waals surface area contributed by atoms with Crippen molar-refractivity contribution in [2.75, 3.05) is 5.32 Å². The number of thiocarbonyl (C=S) groups is 1. The standard InChI is InChI=1S/C12H15N5S/c1-8-9(6-16-17(8)2)5-14-10-3-4-11(12(13)18)15-7-10/h3-4,6-7,14H,5H2,1-2H3,(H2,13,18). The summed E-state index contributed by atoms with van der Waals surface area (Å²) in [7, 11) is 1.93. The van der Waals surface area contributed by atoms with Crippen molar-refractivity contribution in [1.29, 1.82) is 0 Å². The highest BCUT2D eigenvalue weighted by Crippen LogP contribution is 2.11. The van der Waals surface area contributed by atoms with Gasteiger partial charge >= 0.3 is 0 Å². The highest BCUT2D eigenvalue weighted by molar-refractivity contribution is 7.80. The van der Waals surface area contributed by atoms with Gasteiger partial charge in [0.1, 0.15) is 4.99 Å². The number of hydrogen-bond donors (Lipinski definition) is 2. The van der Waals surface area contributed by atoms with Crippen LogP contribution in [0.25, 0.3) is 0 Å². The Morgan fingerprint density at radius 3 is 2.72 bits per heavy atom. The number of hydrogen-bond acceptors (Lipinski definition) is 4. The molecule has 0 aliphatic heterocycles. The van der Waals surface area contributed by atoms with Gasteiger partial charge in [-0.2, -0.15) is 5.10 Å². The lowest BCUT2D eigenvalue weighted by Crippen LogP contribution is -2.11. The molecule has 0 spiro atoms. The first-order valence-electron chi connectivity index (χ1n) is 5.55. The molecular formula is C12H15N5S. The van der Waals surface area contributed by atoms with E-state index in [-0.39, 0.29) is 0 Å². The van der Waals surface area contributed by atoms with E-state index >= 15 is 0 Å². The average molecular weight is 261 g/mol. The zero-order valence-electron chi connectivity index (χ0n) is 10.3. The van der Waals surface area contributed by atoms with Crippen LogP contribution in [0.1, 0.15) is 17.0 Å². The molecule has 0 saturated heterocycles. The number of nitrogens with one attached hydrogen (secondary N) is 1. The van der Waals surface area contributed by atoms with Crippen LogP contribution in [0.15, 0.2) is 24.5 Å². The minimum absolute atomic E-state index is 0.310. The third-order valence-electron chi connectivity index (χ3n) is 2.84. The van der Waals surface area contributed by atoms with Crippen molar-refractivity contribution in [3.8, 4) is 0 Å². The summed E-state index contributed by atoms with van der Waals surface area (Å²) in [5.74, 6) is 0. The maximum atomic E-state index is 5.49. The van der Waals surface area contributed by atoms with E-state index in [1.54, 1.807) is 12.3 Å². The third kappa shape index (κ3) is 2.65. The van der Waals surface area contributed by atoms with Crippen LogP contribution >= 0.6 is 12.2 Å². The smallest absolute Gasteiger partial charge is 0.122 e. The van der Waals surface area contributed by atoms with Gasteiger partial charge in [-0.1, -0.05) is 12.2 Å². The van der Waals surface area contributed by atoms with Crippen molar-refractivity contribution in [1.82, 2.24) is 14.8 Å². The van der Waals surface area contributed by atoms with Crippen LogP contribution in [0, 0.1) is 6.92 Å². The third-order valence-corrected chi connectivity index (χ3v) is 3.04. The van der Waals surface area contributed by atoms with Gasteiger partial charge in [0.25, 0.3) is 0 Å². The van der Waals surface area contributed by atoms with Gasteiger partial charge in [0.2, 0.25) is 0 Å². The first kappa shape index (κ1) is 12.5. The highest BCUT2D eigenvalue weighted by atomic mass is 32.1. The van der Waals surface area contributed by atoms with Gasteiger partial charge in [-0.15, -0.1) is 0 Å². The monoisotopic (exact) mass is 261 g/mol. The highest BCUT2D eigenvalue weighted by Gasteiger charge is 2.03. The quantitative estimate of drug-likeness (QED) is 0.814. The summed E-state index contributed by atoms with van der Waals surface area (Å²) in [6, 6.07) is 3.72. The molecule has 0 aliphatic carbocycles. The fourth-order valence-corrected chi connectivity index (χ4v) is 1.68. The van der Waals surface area contributed by atoms with Gasteiger partial charge in [-0.25, -0.2) is 0 Å². The number of rotatable bonds is 4. The Hall–Kier alpha value is -1.95. The lowest BCUT2D eigenvalue weighted by Gasteiger charge is -2.06. The van der Waals surface area contributed by atoms with Gasteiger partial charge in [-0.05, 0) is 19.1 Å². The zero-order valence-corrected chi connectivity index (χ0v) is 11.2. The molecule has 5 nitrogen and oxygen atoms in total. The Bertz CT molecular complexity index is 558. The maximum Gasteiger partial charge on any atom is 0.122 e. The maximum absolute atomic E-state index is 5.49. The molecule has 2 aromatic rings. The van der Waals surface area contributed by atoms with Crippen LogP contribution in [0.2, 0.25) is 0 Å². The minimum Gasteiger partial charge on any atom is -0.388 e. The number of aromatic nitrogens is 3. The molecule has 18 heavy (non-hydrogen) atoms. The van der Waals surface area contributed by atoms with Gasteiger partial charge in [0.15, 0.2) is 0 Å². The van der Waals surface area contributed by atoms with E-state index in [1.807, 2.05) is 30.9 Å². The lowest BCUT2D eigenvalue weighted by atomic mass is 10.2. The first-order chi connectivity index (χ1) is 8.58. The predicted molar refractivity (Wildman–Crippen MR) is 75.4 cm³/mol. The molecule has 0 aliphatic rings. The molecule has 0 amide bonds. The molecule has 2 rings (SSSR count). The Balaban J connectivity index is 2.02. The molecule has 3 N–H and O–H groups in total. The molecule has 2 aromatic heterocycles. The van der Waals surface area contributed by atoms with Crippen LogP contribution in [-0.2, 0) is 13.6 Å². The van der Waals surface area contributed by atoms with Crippen molar-refractivity contribution in [2.24, 2.45) is 12.8 Å². The number of nitrogens with two attached hydrogens (primary N) is 1. The molecular weight excluding hydrogens is 246 g/mol. The van der Waals surface area contributed by atoms with Gasteiger partial charge in [0.05, 0.1) is 23.8 Å². The van der Waals surface area contributed by atoms with Gasteiger partial charge in [0, 0.05) is 24.8 Å². The van der Waals surface area contributed by atoms with E-state index in [0.717, 1.165) is 16.9 Å². The Kier molecular flexibility index (Phi) is 3.57. The first-order valence-corrected chi connectivity index (χ1v) is 5.96. The summed E-state index contributed by atoms with van der Waals surface area (Å²) in [5, 5.41) is 7.47. The van der Waals surface area contributed by atoms with Crippen LogP contribution in [0.3, 0.4) is 0 Å². The molecule has 6 heteroatoms. The molecule has 0 atom stereocenters. The van der Waals surface area contributed by atoms with Gasteiger partial charge < -0.3 is 11.1 Å². The molecule has 0 fully saturated rings. The second-order valence-electron chi connectivity index (χ2n) is 4.03. The average Bonchev–Trinajstić information content (AvgIpc) is 2.68. The second-order valence-corrected chi connectivity index (χ2v) is 4.47. The van der Waals surface area contributed by atoms with E-state index in [2.05, 4.69) is 15.4 Å². The molecule has 0 saturated carbocycles. The normalized spacial score (nSPS) is 10.3. The SMILES string of the molecule is Cc1c(CNc2ccc(C(N)=S)nc2)cnn1C. The second kappa shape index (κ2) is 5.14. The largest absolute Gasteiger partial charge is 0.388 e. The summed E-state index contributed by atoms with van der Waals surface area (Å²) >= 11 is 4.85. The Labute approximate surface area is 111 Å². The van der Waals surface area contributed by atoms with Crippen LogP contribution < -0.4 is 11.1 Å². The summed E-state index contributed by atoms with van der Waals surface area (Å²) in [5.41, 5.74) is 9.36. The van der Waals surface area contributed by atoms with E-state index in [4.69, 9.17) is 18.0 Å². The summed E-state index contributed by atoms with van der Waals surface area (Å²) in [6.45, 7) is 2.76. The molecule has 0 radical (unpaired) electrons.